The van der Waals surface area contributed by atoms with Gasteiger partial charge in [0.05, 0.1) is 4.75 Å². The van der Waals surface area contributed by atoms with Crippen molar-refractivity contribution in [3.63, 3.8) is 0 Å². The maximum absolute atomic E-state index is 12.4. The number of carbonyl (C=O) groups is 1. The molecule has 1 heterocycles. The van der Waals surface area contributed by atoms with Crippen LogP contribution in [0, 0.1) is 5.92 Å². The van der Waals surface area contributed by atoms with Gasteiger partial charge in [-0.15, -0.1) is 11.8 Å². The number of nitrogens with zero attached hydrogens (tertiary/aromatic N) is 1. The summed E-state index contributed by atoms with van der Waals surface area (Å²) in [6.07, 6.45) is 3.96. The van der Waals surface area contributed by atoms with E-state index in [9.17, 15) is 4.79 Å². The lowest BCUT2D eigenvalue weighted by atomic mass is 9.87. The van der Waals surface area contributed by atoms with Crippen LogP contribution in [-0.4, -0.2) is 21.6 Å². The van der Waals surface area contributed by atoms with Crippen molar-refractivity contribution in [3.8, 4) is 0 Å². The molecule has 4 nitrogen and oxygen atoms in total. The Kier molecular flexibility index (Phi) is 4.71. The fraction of sp³-hybridized carbons (Fsp3) is 0.750. The van der Waals surface area contributed by atoms with Crippen LogP contribution in [0.15, 0.2) is 10.6 Å². The third-order valence-corrected chi connectivity index (χ3v) is 5.49. The van der Waals surface area contributed by atoms with Gasteiger partial charge in [-0.25, -0.2) is 0 Å². The first-order valence-electron chi connectivity index (χ1n) is 7.61. The summed E-state index contributed by atoms with van der Waals surface area (Å²) < 4.78 is 4.85. The number of hydrogen-bond acceptors (Lipinski definition) is 4. The highest BCUT2D eigenvalue weighted by atomic mass is 32.2. The molecule has 1 N–H and O–H groups in total. The predicted octanol–water partition coefficient (Wildman–Crippen LogP) is 4.22. The summed E-state index contributed by atoms with van der Waals surface area (Å²) >= 11 is 1.73. The molecule has 1 saturated carbocycles. The van der Waals surface area contributed by atoms with E-state index in [1.807, 2.05) is 19.9 Å². The van der Waals surface area contributed by atoms with E-state index in [2.05, 4.69) is 31.2 Å². The van der Waals surface area contributed by atoms with Crippen LogP contribution in [-0.2, 0) is 10.2 Å². The summed E-state index contributed by atoms with van der Waals surface area (Å²) in [5.74, 6) is 3.12. The Bertz CT molecular complexity index is 499. The van der Waals surface area contributed by atoms with Crippen LogP contribution in [0.1, 0.15) is 59.6 Å². The first-order valence-corrected chi connectivity index (χ1v) is 8.59. The summed E-state index contributed by atoms with van der Waals surface area (Å²) in [5.41, 5.74) is -0.107. The van der Waals surface area contributed by atoms with Gasteiger partial charge in [0, 0.05) is 11.5 Å². The molecular weight excluding hydrogens is 284 g/mol. The minimum absolute atomic E-state index is 0.0133. The molecule has 1 aromatic rings. The molecule has 0 atom stereocenters. The maximum atomic E-state index is 12.4. The molecule has 21 heavy (non-hydrogen) atoms. The molecule has 0 spiro atoms. The first kappa shape index (κ1) is 16.4. The monoisotopic (exact) mass is 310 g/mol. The molecule has 0 aliphatic heterocycles. The van der Waals surface area contributed by atoms with Gasteiger partial charge in [0.2, 0.25) is 5.91 Å². The zero-order chi connectivity index (χ0) is 15.7. The van der Waals surface area contributed by atoms with Crippen LogP contribution in [0.4, 0.5) is 5.82 Å². The van der Waals surface area contributed by atoms with Crippen molar-refractivity contribution in [1.29, 1.82) is 0 Å². The third-order valence-electron chi connectivity index (χ3n) is 3.94. The van der Waals surface area contributed by atoms with Crippen molar-refractivity contribution in [3.05, 3.63) is 11.8 Å². The van der Waals surface area contributed by atoms with Crippen LogP contribution in [0.25, 0.3) is 0 Å². The standard InChI is InChI=1S/C16H26N2O2S/c1-15(2,3)12-9-13(18-20-12)17-14(19)16(4,5)21-10-11-7-6-8-11/h9,11H,6-8,10H2,1-5H3,(H,17,18,19). The molecule has 1 aliphatic carbocycles. The van der Waals surface area contributed by atoms with E-state index in [4.69, 9.17) is 4.52 Å². The molecule has 1 aliphatic rings. The van der Waals surface area contributed by atoms with Crippen LogP contribution < -0.4 is 5.32 Å². The molecule has 0 aromatic carbocycles. The lowest BCUT2D eigenvalue weighted by molar-refractivity contribution is -0.117. The summed E-state index contributed by atoms with van der Waals surface area (Å²) in [5, 5.41) is 6.81. The highest BCUT2D eigenvalue weighted by Crippen LogP contribution is 2.35. The van der Waals surface area contributed by atoms with E-state index in [0.29, 0.717) is 5.82 Å². The Morgan fingerprint density at radius 2 is 2.05 bits per heavy atom. The Morgan fingerprint density at radius 3 is 2.52 bits per heavy atom. The molecule has 1 amide bonds. The molecule has 0 radical (unpaired) electrons. The Labute approximate surface area is 131 Å². The Hall–Kier alpha value is -0.970. The molecular formula is C16H26N2O2S. The second-order valence-corrected chi connectivity index (χ2v) is 9.04. The summed E-state index contributed by atoms with van der Waals surface area (Å²) in [6.45, 7) is 10.1. The predicted molar refractivity (Wildman–Crippen MR) is 87.7 cm³/mol. The van der Waals surface area contributed by atoms with Gasteiger partial charge in [-0.2, -0.15) is 0 Å². The topological polar surface area (TPSA) is 55.1 Å². The van der Waals surface area contributed by atoms with E-state index in [0.717, 1.165) is 17.4 Å². The second kappa shape index (κ2) is 6.03. The largest absolute Gasteiger partial charge is 0.359 e. The van der Waals surface area contributed by atoms with Gasteiger partial charge < -0.3 is 9.84 Å². The SMILES string of the molecule is CC(C)(SCC1CCC1)C(=O)Nc1cc(C(C)(C)C)on1. The minimum atomic E-state index is -0.448. The second-order valence-electron chi connectivity index (χ2n) is 7.40. The van der Waals surface area contributed by atoms with Crippen LogP contribution >= 0.6 is 11.8 Å². The summed E-state index contributed by atoms with van der Waals surface area (Å²) in [4.78, 5) is 12.4. The van der Waals surface area contributed by atoms with Crippen molar-refractivity contribution in [2.24, 2.45) is 5.92 Å². The van der Waals surface area contributed by atoms with Gasteiger partial charge in [-0.1, -0.05) is 32.3 Å². The lowest BCUT2D eigenvalue weighted by Crippen LogP contribution is -2.35. The van der Waals surface area contributed by atoms with Gasteiger partial charge in [0.1, 0.15) is 5.76 Å². The van der Waals surface area contributed by atoms with Crippen molar-refractivity contribution in [2.75, 3.05) is 11.1 Å². The molecule has 0 saturated heterocycles. The number of carbonyl (C=O) groups excluding carboxylic acids is 1. The maximum Gasteiger partial charge on any atom is 0.241 e. The van der Waals surface area contributed by atoms with E-state index in [1.54, 1.807) is 11.8 Å². The summed E-state index contributed by atoms with van der Waals surface area (Å²) in [6, 6.07) is 1.81. The van der Waals surface area contributed by atoms with Gasteiger partial charge in [0.15, 0.2) is 5.82 Å². The van der Waals surface area contributed by atoms with Crippen molar-refractivity contribution < 1.29 is 9.32 Å². The quantitative estimate of drug-likeness (QED) is 0.884. The molecule has 2 rings (SSSR count). The first-order chi connectivity index (χ1) is 9.68. The molecule has 5 heteroatoms. The number of nitrogens with one attached hydrogen (secondary N) is 1. The fourth-order valence-corrected chi connectivity index (χ4v) is 3.17. The highest BCUT2D eigenvalue weighted by molar-refractivity contribution is 8.01. The van der Waals surface area contributed by atoms with Gasteiger partial charge in [-0.3, -0.25) is 4.79 Å². The average Bonchev–Trinajstić information content (AvgIpc) is 2.74. The van der Waals surface area contributed by atoms with E-state index in [1.165, 1.54) is 19.3 Å². The third kappa shape index (κ3) is 4.25. The minimum Gasteiger partial charge on any atom is -0.359 e. The smallest absolute Gasteiger partial charge is 0.241 e. The van der Waals surface area contributed by atoms with E-state index in [-0.39, 0.29) is 11.3 Å². The molecule has 0 unspecified atom stereocenters. The normalized spacial score (nSPS) is 16.6. The molecule has 1 aromatic heterocycles. The lowest BCUT2D eigenvalue weighted by Gasteiger charge is -2.29. The van der Waals surface area contributed by atoms with E-state index >= 15 is 0 Å². The zero-order valence-electron chi connectivity index (χ0n) is 13.7. The van der Waals surface area contributed by atoms with Gasteiger partial charge in [-0.05, 0) is 38.4 Å². The van der Waals surface area contributed by atoms with Crippen molar-refractivity contribution >= 4 is 23.5 Å². The average molecular weight is 310 g/mol. The van der Waals surface area contributed by atoms with Crippen LogP contribution in [0.5, 0.6) is 0 Å². The van der Waals surface area contributed by atoms with Crippen LogP contribution in [0.2, 0.25) is 0 Å². The van der Waals surface area contributed by atoms with Crippen molar-refractivity contribution in [2.45, 2.75) is 64.0 Å². The number of anilines is 1. The Balaban J connectivity index is 1.91. The molecule has 0 bridgehead atoms. The number of hydrogen-bond donors (Lipinski definition) is 1. The van der Waals surface area contributed by atoms with Crippen LogP contribution in [0.3, 0.4) is 0 Å². The number of thioether (sulfide) groups is 1. The van der Waals surface area contributed by atoms with Crippen molar-refractivity contribution in [1.82, 2.24) is 5.16 Å². The number of aromatic nitrogens is 1. The number of rotatable bonds is 5. The molecule has 118 valence electrons. The summed E-state index contributed by atoms with van der Waals surface area (Å²) in [7, 11) is 0. The highest BCUT2D eigenvalue weighted by Gasteiger charge is 2.31. The van der Waals surface area contributed by atoms with Gasteiger partial charge in [0.25, 0.3) is 0 Å². The van der Waals surface area contributed by atoms with E-state index < -0.39 is 4.75 Å². The fourth-order valence-electron chi connectivity index (χ4n) is 2.01. The zero-order valence-corrected chi connectivity index (χ0v) is 14.5. The van der Waals surface area contributed by atoms with Gasteiger partial charge >= 0.3 is 0 Å². The number of amides is 1. The molecule has 1 fully saturated rings. The Morgan fingerprint density at radius 1 is 1.38 bits per heavy atom.